The monoisotopic (exact) mass is 444 g/mol. The van der Waals surface area contributed by atoms with Crippen molar-refractivity contribution in [2.75, 3.05) is 18.4 Å². The SMILES string of the molecule is CCCC(=O)Nc1ccc(CNC(=O)C2CCN(S(=O)(=O)c3cccnc3)CC2)cc1. The van der Waals surface area contributed by atoms with E-state index in [0.29, 0.717) is 38.9 Å². The molecule has 3 rings (SSSR count). The molecule has 2 aromatic rings. The predicted octanol–water partition coefficient (Wildman–Crippen LogP) is 2.54. The van der Waals surface area contributed by atoms with Gasteiger partial charge in [0.2, 0.25) is 21.8 Å². The van der Waals surface area contributed by atoms with E-state index in [4.69, 9.17) is 0 Å². The molecule has 9 heteroatoms. The van der Waals surface area contributed by atoms with Crippen LogP contribution in [0, 0.1) is 5.92 Å². The van der Waals surface area contributed by atoms with Crippen molar-refractivity contribution in [3.05, 3.63) is 54.4 Å². The number of amides is 2. The van der Waals surface area contributed by atoms with Crippen molar-refractivity contribution in [3.8, 4) is 0 Å². The van der Waals surface area contributed by atoms with Gasteiger partial charge in [-0.3, -0.25) is 14.6 Å². The minimum Gasteiger partial charge on any atom is -0.352 e. The number of rotatable bonds is 8. The first-order valence-electron chi connectivity index (χ1n) is 10.5. The molecule has 0 atom stereocenters. The Morgan fingerprint density at radius 2 is 1.84 bits per heavy atom. The van der Waals surface area contributed by atoms with Gasteiger partial charge in [-0.15, -0.1) is 0 Å². The normalized spacial score (nSPS) is 15.4. The molecule has 2 N–H and O–H groups in total. The summed E-state index contributed by atoms with van der Waals surface area (Å²) in [5.74, 6) is -0.299. The van der Waals surface area contributed by atoms with Crippen LogP contribution in [-0.2, 0) is 26.2 Å². The van der Waals surface area contributed by atoms with Crippen LogP contribution in [0.1, 0.15) is 38.2 Å². The quantitative estimate of drug-likeness (QED) is 0.650. The van der Waals surface area contributed by atoms with Crippen LogP contribution in [0.3, 0.4) is 0 Å². The van der Waals surface area contributed by atoms with Gasteiger partial charge >= 0.3 is 0 Å². The molecule has 8 nitrogen and oxygen atoms in total. The van der Waals surface area contributed by atoms with E-state index < -0.39 is 10.0 Å². The average Bonchev–Trinajstić information content (AvgIpc) is 2.79. The summed E-state index contributed by atoms with van der Waals surface area (Å²) in [6.07, 6.45) is 5.12. The number of sulfonamides is 1. The number of carbonyl (C=O) groups excluding carboxylic acids is 2. The van der Waals surface area contributed by atoms with Crippen molar-refractivity contribution in [2.45, 2.75) is 44.0 Å². The molecule has 0 radical (unpaired) electrons. The molecule has 0 aliphatic carbocycles. The van der Waals surface area contributed by atoms with Gasteiger partial charge < -0.3 is 10.6 Å². The number of hydrogen-bond acceptors (Lipinski definition) is 5. The molecular weight excluding hydrogens is 416 g/mol. The summed E-state index contributed by atoms with van der Waals surface area (Å²) in [7, 11) is -3.57. The summed E-state index contributed by atoms with van der Waals surface area (Å²) >= 11 is 0. The Morgan fingerprint density at radius 1 is 1.13 bits per heavy atom. The number of benzene rings is 1. The van der Waals surface area contributed by atoms with E-state index in [2.05, 4.69) is 15.6 Å². The van der Waals surface area contributed by atoms with Gasteiger partial charge in [0, 0.05) is 50.1 Å². The van der Waals surface area contributed by atoms with Gasteiger partial charge in [0.05, 0.1) is 0 Å². The van der Waals surface area contributed by atoms with Crippen LogP contribution in [0.2, 0.25) is 0 Å². The first-order valence-corrected chi connectivity index (χ1v) is 11.9. The van der Waals surface area contributed by atoms with Crippen LogP contribution >= 0.6 is 0 Å². The van der Waals surface area contributed by atoms with Crippen LogP contribution in [0.5, 0.6) is 0 Å². The maximum atomic E-state index is 12.7. The average molecular weight is 445 g/mol. The van der Waals surface area contributed by atoms with E-state index in [1.165, 1.54) is 22.8 Å². The lowest BCUT2D eigenvalue weighted by atomic mass is 9.97. The summed E-state index contributed by atoms with van der Waals surface area (Å²) in [5.41, 5.74) is 1.66. The molecule has 2 heterocycles. The second kappa shape index (κ2) is 10.5. The van der Waals surface area contributed by atoms with Crippen molar-refractivity contribution in [1.82, 2.24) is 14.6 Å². The zero-order valence-corrected chi connectivity index (χ0v) is 18.4. The smallest absolute Gasteiger partial charge is 0.244 e. The minimum absolute atomic E-state index is 0.0135. The third-order valence-corrected chi connectivity index (χ3v) is 7.16. The number of pyridine rings is 1. The number of nitrogens with zero attached hydrogens (tertiary/aromatic N) is 2. The predicted molar refractivity (Wildman–Crippen MR) is 118 cm³/mol. The van der Waals surface area contributed by atoms with Crippen molar-refractivity contribution in [1.29, 1.82) is 0 Å². The molecular formula is C22H28N4O4S. The molecule has 1 aliphatic heterocycles. The van der Waals surface area contributed by atoms with E-state index in [-0.39, 0.29) is 22.6 Å². The number of anilines is 1. The number of nitrogens with one attached hydrogen (secondary N) is 2. The number of hydrogen-bond donors (Lipinski definition) is 2. The molecule has 0 bridgehead atoms. The highest BCUT2D eigenvalue weighted by Gasteiger charge is 2.32. The Bertz CT molecular complexity index is 986. The molecule has 0 spiro atoms. The summed E-state index contributed by atoms with van der Waals surface area (Å²) in [4.78, 5) is 28.2. The topological polar surface area (TPSA) is 108 Å². The fourth-order valence-electron chi connectivity index (χ4n) is 3.50. The Morgan fingerprint density at radius 3 is 2.45 bits per heavy atom. The summed E-state index contributed by atoms with van der Waals surface area (Å²) in [5, 5.41) is 5.76. The molecule has 1 aromatic heterocycles. The summed E-state index contributed by atoms with van der Waals surface area (Å²) < 4.78 is 26.7. The first-order chi connectivity index (χ1) is 14.9. The number of carbonyl (C=O) groups is 2. The zero-order valence-electron chi connectivity index (χ0n) is 17.6. The highest BCUT2D eigenvalue weighted by Crippen LogP contribution is 2.23. The van der Waals surface area contributed by atoms with Crippen LogP contribution in [0.25, 0.3) is 0 Å². The van der Waals surface area contributed by atoms with Gasteiger partial charge in [-0.25, -0.2) is 8.42 Å². The van der Waals surface area contributed by atoms with Gasteiger partial charge in [-0.1, -0.05) is 19.1 Å². The van der Waals surface area contributed by atoms with Crippen molar-refractivity contribution >= 4 is 27.5 Å². The van der Waals surface area contributed by atoms with Crippen LogP contribution < -0.4 is 10.6 Å². The van der Waals surface area contributed by atoms with Crippen LogP contribution in [-0.4, -0.2) is 42.6 Å². The largest absolute Gasteiger partial charge is 0.352 e. The van der Waals surface area contributed by atoms with E-state index in [1.54, 1.807) is 6.07 Å². The van der Waals surface area contributed by atoms with Crippen LogP contribution in [0.15, 0.2) is 53.7 Å². The molecule has 1 saturated heterocycles. The maximum Gasteiger partial charge on any atom is 0.244 e. The molecule has 0 saturated carbocycles. The van der Waals surface area contributed by atoms with Gasteiger partial charge in [0.15, 0.2) is 0 Å². The fourth-order valence-corrected chi connectivity index (χ4v) is 4.93. The Balaban J connectivity index is 1.46. The standard InChI is InChI=1S/C22H28N4O4S/c1-2-4-21(27)25-19-8-6-17(7-9-19)15-24-22(28)18-10-13-26(14-11-18)31(29,30)20-5-3-12-23-16-20/h3,5-9,12,16,18H,2,4,10-11,13-15H2,1H3,(H,24,28)(H,25,27). The van der Waals surface area contributed by atoms with E-state index in [9.17, 15) is 18.0 Å². The van der Waals surface area contributed by atoms with Gasteiger partial charge in [0.1, 0.15) is 4.90 Å². The van der Waals surface area contributed by atoms with Crippen LogP contribution in [0.4, 0.5) is 5.69 Å². The van der Waals surface area contributed by atoms with Gasteiger partial charge in [0.25, 0.3) is 0 Å². The lowest BCUT2D eigenvalue weighted by molar-refractivity contribution is -0.126. The molecule has 1 aromatic carbocycles. The van der Waals surface area contributed by atoms with E-state index >= 15 is 0 Å². The molecule has 31 heavy (non-hydrogen) atoms. The first kappa shape index (κ1) is 22.9. The fraction of sp³-hybridized carbons (Fsp3) is 0.409. The minimum atomic E-state index is -3.57. The second-order valence-electron chi connectivity index (χ2n) is 7.58. The van der Waals surface area contributed by atoms with E-state index in [0.717, 1.165) is 17.7 Å². The number of aromatic nitrogens is 1. The summed E-state index contributed by atoms with van der Waals surface area (Å²) in [6, 6.07) is 10.5. The lowest BCUT2D eigenvalue weighted by Crippen LogP contribution is -2.42. The zero-order chi connectivity index (χ0) is 22.3. The lowest BCUT2D eigenvalue weighted by Gasteiger charge is -2.30. The van der Waals surface area contributed by atoms with Gasteiger partial charge in [-0.05, 0) is 49.1 Å². The highest BCUT2D eigenvalue weighted by molar-refractivity contribution is 7.89. The van der Waals surface area contributed by atoms with Crippen molar-refractivity contribution < 1.29 is 18.0 Å². The van der Waals surface area contributed by atoms with Gasteiger partial charge in [-0.2, -0.15) is 4.31 Å². The summed E-state index contributed by atoms with van der Waals surface area (Å²) in [6.45, 7) is 2.95. The van der Waals surface area contributed by atoms with E-state index in [1.807, 2.05) is 31.2 Å². The second-order valence-corrected chi connectivity index (χ2v) is 9.52. The third kappa shape index (κ3) is 6.11. The highest BCUT2D eigenvalue weighted by atomic mass is 32.2. The number of piperidine rings is 1. The molecule has 2 amide bonds. The molecule has 1 aliphatic rings. The molecule has 166 valence electrons. The van der Waals surface area contributed by atoms with Crippen molar-refractivity contribution in [3.63, 3.8) is 0 Å². The Labute approximate surface area is 183 Å². The third-order valence-electron chi connectivity index (χ3n) is 5.28. The Hall–Kier alpha value is -2.78. The Kier molecular flexibility index (Phi) is 7.75. The van der Waals surface area contributed by atoms with Crippen molar-refractivity contribution in [2.24, 2.45) is 5.92 Å². The maximum absolute atomic E-state index is 12.7. The molecule has 0 unspecified atom stereocenters. The molecule has 1 fully saturated rings.